The molecular weight excluding hydrogens is 246 g/mol. The second-order valence-electron chi connectivity index (χ2n) is 4.89. The molecule has 1 saturated heterocycles. The molecule has 0 radical (unpaired) electrons. The molecule has 19 heavy (non-hydrogen) atoms. The summed E-state index contributed by atoms with van der Waals surface area (Å²) >= 11 is 0. The number of hydrogen-bond donors (Lipinski definition) is 0. The van der Waals surface area contributed by atoms with E-state index in [2.05, 4.69) is 6.92 Å². The first kappa shape index (κ1) is 16.0. The van der Waals surface area contributed by atoms with Gasteiger partial charge in [-0.15, -0.1) is 0 Å². The van der Waals surface area contributed by atoms with Crippen molar-refractivity contribution in [2.75, 3.05) is 20.3 Å². The third-order valence-corrected chi connectivity index (χ3v) is 3.43. The molecule has 1 heterocycles. The Morgan fingerprint density at radius 1 is 1.26 bits per heavy atom. The highest BCUT2D eigenvalue weighted by atomic mass is 16.5. The van der Waals surface area contributed by atoms with Crippen LogP contribution in [-0.4, -0.2) is 49.2 Å². The molecule has 1 aliphatic rings. The van der Waals surface area contributed by atoms with Gasteiger partial charge in [0, 0.05) is 6.54 Å². The Balaban J connectivity index is 2.23. The average molecular weight is 271 g/mol. The molecule has 1 fully saturated rings. The molecule has 0 saturated carbocycles. The SMILES string of the molecule is CCCCCCOC(=O)C1CN1C(CC)C(=O)OC. The van der Waals surface area contributed by atoms with Gasteiger partial charge in [0.15, 0.2) is 0 Å². The van der Waals surface area contributed by atoms with Gasteiger partial charge in [-0.1, -0.05) is 33.1 Å². The predicted octanol–water partition coefficient (Wildman–Crippen LogP) is 1.75. The van der Waals surface area contributed by atoms with E-state index < -0.39 is 0 Å². The second-order valence-corrected chi connectivity index (χ2v) is 4.89. The zero-order chi connectivity index (χ0) is 14.3. The molecule has 3 atom stereocenters. The van der Waals surface area contributed by atoms with Crippen LogP contribution in [0.3, 0.4) is 0 Å². The van der Waals surface area contributed by atoms with Gasteiger partial charge in [0.05, 0.1) is 13.7 Å². The van der Waals surface area contributed by atoms with Gasteiger partial charge in [-0.05, 0) is 12.8 Å². The zero-order valence-electron chi connectivity index (χ0n) is 12.2. The number of nitrogens with zero attached hydrogens (tertiary/aromatic N) is 1. The van der Waals surface area contributed by atoms with Crippen molar-refractivity contribution < 1.29 is 19.1 Å². The van der Waals surface area contributed by atoms with E-state index in [0.717, 1.165) is 12.8 Å². The number of hydrogen-bond acceptors (Lipinski definition) is 5. The summed E-state index contributed by atoms with van der Waals surface area (Å²) < 4.78 is 9.94. The highest BCUT2D eigenvalue weighted by Gasteiger charge is 2.48. The Morgan fingerprint density at radius 2 is 2.00 bits per heavy atom. The normalized spacial score (nSPS) is 22.7. The summed E-state index contributed by atoms with van der Waals surface area (Å²) in [5.74, 6) is -0.486. The van der Waals surface area contributed by atoms with Gasteiger partial charge in [-0.3, -0.25) is 14.5 Å². The van der Waals surface area contributed by atoms with E-state index >= 15 is 0 Å². The summed E-state index contributed by atoms with van der Waals surface area (Å²) in [5.41, 5.74) is 0. The summed E-state index contributed by atoms with van der Waals surface area (Å²) in [6.45, 7) is 5.14. The van der Waals surface area contributed by atoms with Crippen LogP contribution >= 0.6 is 0 Å². The van der Waals surface area contributed by atoms with Gasteiger partial charge >= 0.3 is 11.9 Å². The van der Waals surface area contributed by atoms with Crippen LogP contribution in [0.1, 0.15) is 46.0 Å². The first-order valence-corrected chi connectivity index (χ1v) is 7.15. The zero-order valence-corrected chi connectivity index (χ0v) is 12.2. The van der Waals surface area contributed by atoms with Crippen LogP contribution in [-0.2, 0) is 19.1 Å². The molecule has 5 nitrogen and oxygen atoms in total. The lowest BCUT2D eigenvalue weighted by Crippen LogP contribution is -2.32. The molecule has 0 aliphatic carbocycles. The Hall–Kier alpha value is -1.10. The Labute approximate surface area is 115 Å². The highest BCUT2D eigenvalue weighted by Crippen LogP contribution is 2.25. The number of methoxy groups -OCH3 is 1. The summed E-state index contributed by atoms with van der Waals surface area (Å²) in [6, 6.07) is -0.571. The number of ether oxygens (including phenoxy) is 2. The summed E-state index contributed by atoms with van der Waals surface area (Å²) in [6.07, 6.45) is 5.00. The van der Waals surface area contributed by atoms with Gasteiger partial charge in [-0.25, -0.2) is 0 Å². The van der Waals surface area contributed by atoms with Crippen molar-refractivity contribution in [2.24, 2.45) is 0 Å². The minimum absolute atomic E-state index is 0.209. The van der Waals surface area contributed by atoms with E-state index in [1.807, 2.05) is 11.8 Å². The monoisotopic (exact) mass is 271 g/mol. The number of carbonyl (C=O) groups excluding carboxylic acids is 2. The highest BCUT2D eigenvalue weighted by molar-refractivity contribution is 5.82. The summed E-state index contributed by atoms with van der Waals surface area (Å²) in [7, 11) is 1.37. The number of unbranched alkanes of at least 4 members (excludes halogenated alkanes) is 3. The van der Waals surface area contributed by atoms with Crippen molar-refractivity contribution in [1.82, 2.24) is 4.90 Å². The topological polar surface area (TPSA) is 55.6 Å². The first-order valence-electron chi connectivity index (χ1n) is 7.15. The van der Waals surface area contributed by atoms with E-state index in [-0.39, 0.29) is 24.0 Å². The third-order valence-electron chi connectivity index (χ3n) is 3.43. The van der Waals surface area contributed by atoms with E-state index in [1.54, 1.807) is 0 Å². The molecule has 0 bridgehead atoms. The van der Waals surface area contributed by atoms with Crippen molar-refractivity contribution in [2.45, 2.75) is 58.0 Å². The van der Waals surface area contributed by atoms with Crippen LogP contribution in [0.15, 0.2) is 0 Å². The molecule has 0 aromatic heterocycles. The van der Waals surface area contributed by atoms with Crippen molar-refractivity contribution in [3.8, 4) is 0 Å². The summed E-state index contributed by atoms with van der Waals surface area (Å²) in [5, 5.41) is 0. The van der Waals surface area contributed by atoms with E-state index in [0.29, 0.717) is 19.6 Å². The van der Waals surface area contributed by atoms with Crippen LogP contribution in [0.25, 0.3) is 0 Å². The van der Waals surface area contributed by atoms with Crippen molar-refractivity contribution in [3.63, 3.8) is 0 Å². The standard InChI is InChI=1S/C14H25NO4/c1-4-6-7-8-9-19-14(17)12-10-15(12)11(5-2)13(16)18-3/h11-12H,4-10H2,1-3H3. The van der Waals surface area contributed by atoms with Crippen LogP contribution < -0.4 is 0 Å². The lowest BCUT2D eigenvalue weighted by molar-refractivity contribution is -0.147. The van der Waals surface area contributed by atoms with Gasteiger partial charge in [-0.2, -0.15) is 0 Å². The van der Waals surface area contributed by atoms with Crippen LogP contribution in [0.4, 0.5) is 0 Å². The fourth-order valence-corrected chi connectivity index (χ4v) is 2.18. The summed E-state index contributed by atoms with van der Waals surface area (Å²) in [4.78, 5) is 25.1. The largest absolute Gasteiger partial charge is 0.468 e. The van der Waals surface area contributed by atoms with Gasteiger partial charge in [0.2, 0.25) is 0 Å². The molecule has 0 N–H and O–H groups in total. The average Bonchev–Trinajstić information content (AvgIpc) is 3.19. The van der Waals surface area contributed by atoms with Crippen LogP contribution in [0.2, 0.25) is 0 Å². The molecule has 1 aliphatic heterocycles. The quantitative estimate of drug-likeness (QED) is 0.363. The molecule has 0 aromatic carbocycles. The maximum absolute atomic E-state index is 11.8. The molecule has 3 unspecified atom stereocenters. The third kappa shape index (κ3) is 4.82. The second kappa shape index (κ2) is 8.15. The lowest BCUT2D eigenvalue weighted by atomic mass is 10.2. The maximum Gasteiger partial charge on any atom is 0.324 e. The minimum atomic E-state index is -0.317. The van der Waals surface area contributed by atoms with Gasteiger partial charge < -0.3 is 9.47 Å². The van der Waals surface area contributed by atoms with E-state index in [9.17, 15) is 9.59 Å². The molecule has 1 rings (SSSR count). The van der Waals surface area contributed by atoms with E-state index in [1.165, 1.54) is 20.0 Å². The molecule has 0 spiro atoms. The lowest BCUT2D eigenvalue weighted by Gasteiger charge is -2.14. The molecular formula is C14H25NO4. The van der Waals surface area contributed by atoms with Gasteiger partial charge in [0.25, 0.3) is 0 Å². The van der Waals surface area contributed by atoms with Gasteiger partial charge in [0.1, 0.15) is 12.1 Å². The Bertz CT molecular complexity index is 306. The number of esters is 2. The van der Waals surface area contributed by atoms with Crippen LogP contribution in [0, 0.1) is 0 Å². The van der Waals surface area contributed by atoms with Crippen molar-refractivity contribution in [1.29, 1.82) is 0 Å². The molecule has 0 amide bonds. The minimum Gasteiger partial charge on any atom is -0.468 e. The molecule has 5 heteroatoms. The van der Waals surface area contributed by atoms with E-state index in [4.69, 9.17) is 9.47 Å². The Morgan fingerprint density at radius 3 is 2.58 bits per heavy atom. The fourth-order valence-electron chi connectivity index (χ4n) is 2.18. The van der Waals surface area contributed by atoms with Crippen molar-refractivity contribution >= 4 is 11.9 Å². The van der Waals surface area contributed by atoms with Crippen molar-refractivity contribution in [3.05, 3.63) is 0 Å². The van der Waals surface area contributed by atoms with Crippen LogP contribution in [0.5, 0.6) is 0 Å². The smallest absolute Gasteiger partial charge is 0.324 e. The fraction of sp³-hybridized carbons (Fsp3) is 0.857. The maximum atomic E-state index is 11.8. The molecule has 110 valence electrons. The first-order chi connectivity index (χ1) is 9.15. The molecule has 0 aromatic rings. The number of rotatable bonds is 9. The predicted molar refractivity (Wildman–Crippen MR) is 71.7 cm³/mol. The Kier molecular flexibility index (Phi) is 6.84. The number of carbonyl (C=O) groups is 2.